The number of hydrogen-bond donors (Lipinski definition) is 1. The van der Waals surface area contributed by atoms with Crippen LogP contribution in [-0.2, 0) is 0 Å². The van der Waals surface area contributed by atoms with Gasteiger partial charge >= 0.3 is 0 Å². The van der Waals surface area contributed by atoms with Crippen molar-refractivity contribution in [1.29, 1.82) is 0 Å². The Morgan fingerprint density at radius 1 is 0.808 bits per heavy atom. The van der Waals surface area contributed by atoms with E-state index in [1.54, 1.807) is 11.3 Å². The largest absolute Gasteiger partial charge is 0.253 e. The molecule has 0 unspecified atom stereocenters. The molecule has 1 aromatic heterocycles. The predicted molar refractivity (Wildman–Crippen MR) is 112 cm³/mol. The standard InChI is InChI=1S/C22H15N3S/c1-3-9-17-15(7-1)13-16-8-2-4-10-18(16)19(17)14-23-25-22-24-20-11-5-6-12-21(20)26-22/h1-14H,(H,24,25). The monoisotopic (exact) mass is 353 g/mol. The maximum absolute atomic E-state index is 4.56. The van der Waals surface area contributed by atoms with Crippen LogP contribution in [0.25, 0.3) is 31.8 Å². The molecule has 5 rings (SSSR count). The summed E-state index contributed by atoms with van der Waals surface area (Å²) in [4.78, 5) is 4.56. The molecule has 4 aromatic carbocycles. The van der Waals surface area contributed by atoms with E-state index in [1.165, 1.54) is 21.5 Å². The van der Waals surface area contributed by atoms with Gasteiger partial charge in [-0.25, -0.2) is 4.98 Å². The van der Waals surface area contributed by atoms with Crippen LogP contribution in [0.15, 0.2) is 84.0 Å². The summed E-state index contributed by atoms with van der Waals surface area (Å²) in [7, 11) is 0. The van der Waals surface area contributed by atoms with Gasteiger partial charge < -0.3 is 0 Å². The number of benzene rings is 4. The van der Waals surface area contributed by atoms with Crippen LogP contribution in [0.3, 0.4) is 0 Å². The van der Waals surface area contributed by atoms with E-state index in [-0.39, 0.29) is 0 Å². The molecule has 0 saturated heterocycles. The van der Waals surface area contributed by atoms with Crippen molar-refractivity contribution in [3.8, 4) is 0 Å². The van der Waals surface area contributed by atoms with Crippen molar-refractivity contribution in [3.63, 3.8) is 0 Å². The number of para-hydroxylation sites is 1. The van der Waals surface area contributed by atoms with Crippen molar-refractivity contribution in [2.45, 2.75) is 0 Å². The van der Waals surface area contributed by atoms with Crippen LogP contribution in [0.4, 0.5) is 5.13 Å². The molecule has 3 nitrogen and oxygen atoms in total. The normalized spacial score (nSPS) is 11.7. The number of nitrogens with one attached hydrogen (secondary N) is 1. The van der Waals surface area contributed by atoms with E-state index in [4.69, 9.17) is 0 Å². The molecule has 0 bridgehead atoms. The fraction of sp³-hybridized carbons (Fsp3) is 0. The zero-order chi connectivity index (χ0) is 17.3. The molecule has 26 heavy (non-hydrogen) atoms. The molecular formula is C22H15N3S. The van der Waals surface area contributed by atoms with Gasteiger partial charge in [-0.1, -0.05) is 72.0 Å². The Labute approximate surface area is 154 Å². The molecule has 0 saturated carbocycles. The highest BCUT2D eigenvalue weighted by atomic mass is 32.1. The molecule has 0 atom stereocenters. The van der Waals surface area contributed by atoms with Crippen molar-refractivity contribution in [3.05, 3.63) is 84.4 Å². The first kappa shape index (κ1) is 15.0. The number of anilines is 1. The fourth-order valence-corrected chi connectivity index (χ4v) is 4.08. The van der Waals surface area contributed by atoms with Crippen molar-refractivity contribution in [1.82, 2.24) is 4.98 Å². The van der Waals surface area contributed by atoms with Gasteiger partial charge in [0.25, 0.3) is 0 Å². The van der Waals surface area contributed by atoms with E-state index in [2.05, 4.69) is 76.2 Å². The van der Waals surface area contributed by atoms with Gasteiger partial charge in [-0.15, -0.1) is 0 Å². The zero-order valence-corrected chi connectivity index (χ0v) is 14.7. The van der Waals surface area contributed by atoms with Crippen molar-refractivity contribution >= 4 is 54.4 Å². The van der Waals surface area contributed by atoms with E-state index >= 15 is 0 Å². The van der Waals surface area contributed by atoms with Crippen LogP contribution in [0.1, 0.15) is 5.56 Å². The van der Waals surface area contributed by atoms with E-state index in [1.807, 2.05) is 24.4 Å². The summed E-state index contributed by atoms with van der Waals surface area (Å²) < 4.78 is 1.15. The van der Waals surface area contributed by atoms with E-state index in [0.717, 1.165) is 20.9 Å². The Bertz CT molecular complexity index is 1180. The summed E-state index contributed by atoms with van der Waals surface area (Å²) in [6, 6.07) is 27.1. The van der Waals surface area contributed by atoms with Crippen LogP contribution in [0.5, 0.6) is 0 Å². The van der Waals surface area contributed by atoms with Gasteiger partial charge in [0.15, 0.2) is 0 Å². The van der Waals surface area contributed by atoms with Crippen molar-refractivity contribution < 1.29 is 0 Å². The molecular weight excluding hydrogens is 338 g/mol. The fourth-order valence-electron chi connectivity index (χ4n) is 3.26. The molecule has 124 valence electrons. The second-order valence-electron chi connectivity index (χ2n) is 6.09. The van der Waals surface area contributed by atoms with Crippen LogP contribution in [0, 0.1) is 0 Å². The van der Waals surface area contributed by atoms with Crippen molar-refractivity contribution in [2.24, 2.45) is 5.10 Å². The molecule has 1 heterocycles. The van der Waals surface area contributed by atoms with Gasteiger partial charge in [0.2, 0.25) is 5.13 Å². The third kappa shape index (κ3) is 2.61. The molecule has 0 fully saturated rings. The Morgan fingerprint density at radius 2 is 1.46 bits per heavy atom. The van der Waals surface area contributed by atoms with Gasteiger partial charge in [-0.3, -0.25) is 5.43 Å². The van der Waals surface area contributed by atoms with Gasteiger partial charge in [0.05, 0.1) is 16.4 Å². The molecule has 5 aromatic rings. The van der Waals surface area contributed by atoms with Crippen molar-refractivity contribution in [2.75, 3.05) is 5.43 Å². The average Bonchev–Trinajstić information content (AvgIpc) is 3.10. The number of hydrazone groups is 1. The molecule has 0 spiro atoms. The number of rotatable bonds is 3. The highest BCUT2D eigenvalue weighted by Crippen LogP contribution is 2.28. The predicted octanol–water partition coefficient (Wildman–Crippen LogP) is 6.05. The summed E-state index contributed by atoms with van der Waals surface area (Å²) >= 11 is 1.60. The first-order chi connectivity index (χ1) is 12.9. The van der Waals surface area contributed by atoms with Crippen LogP contribution >= 0.6 is 11.3 Å². The van der Waals surface area contributed by atoms with E-state index in [0.29, 0.717) is 0 Å². The number of aromatic nitrogens is 1. The Balaban J connectivity index is 1.57. The summed E-state index contributed by atoms with van der Waals surface area (Å²) in [5.74, 6) is 0. The minimum Gasteiger partial charge on any atom is -0.253 e. The SMILES string of the molecule is C(=NNc1nc2ccccc2s1)c1c2ccccc2cc2ccccc12. The molecule has 4 heteroatoms. The third-order valence-electron chi connectivity index (χ3n) is 4.46. The lowest BCUT2D eigenvalue weighted by atomic mass is 9.97. The van der Waals surface area contributed by atoms with Crippen LogP contribution < -0.4 is 5.43 Å². The summed E-state index contributed by atoms with van der Waals surface area (Å²) in [6.07, 6.45) is 1.90. The highest BCUT2D eigenvalue weighted by Gasteiger charge is 2.06. The number of fused-ring (bicyclic) bond motifs is 3. The van der Waals surface area contributed by atoms with Gasteiger partial charge in [0.1, 0.15) is 0 Å². The zero-order valence-electron chi connectivity index (χ0n) is 13.9. The lowest BCUT2D eigenvalue weighted by Crippen LogP contribution is -1.92. The maximum atomic E-state index is 4.56. The summed E-state index contributed by atoms with van der Waals surface area (Å²) in [6.45, 7) is 0. The number of thiazole rings is 1. The van der Waals surface area contributed by atoms with Gasteiger partial charge in [0, 0.05) is 5.56 Å². The first-order valence-electron chi connectivity index (χ1n) is 8.44. The lowest BCUT2D eigenvalue weighted by molar-refractivity contribution is 1.31. The summed E-state index contributed by atoms with van der Waals surface area (Å²) in [5, 5.41) is 10.1. The minimum atomic E-state index is 0.798. The number of nitrogens with zero attached hydrogens (tertiary/aromatic N) is 2. The smallest absolute Gasteiger partial charge is 0.204 e. The van der Waals surface area contributed by atoms with Gasteiger partial charge in [-0.05, 0) is 39.7 Å². The quantitative estimate of drug-likeness (QED) is 0.244. The minimum absolute atomic E-state index is 0.798. The molecule has 1 N–H and O–H groups in total. The first-order valence-corrected chi connectivity index (χ1v) is 9.25. The average molecular weight is 353 g/mol. The Morgan fingerprint density at radius 3 is 2.19 bits per heavy atom. The Hall–Kier alpha value is -3.24. The van der Waals surface area contributed by atoms with Gasteiger partial charge in [-0.2, -0.15) is 5.10 Å². The molecule has 0 aliphatic carbocycles. The highest BCUT2D eigenvalue weighted by molar-refractivity contribution is 7.22. The van der Waals surface area contributed by atoms with Crippen LogP contribution in [0.2, 0.25) is 0 Å². The molecule has 0 aliphatic rings. The summed E-state index contributed by atoms with van der Waals surface area (Å²) in [5.41, 5.74) is 5.20. The lowest BCUT2D eigenvalue weighted by Gasteiger charge is -2.07. The maximum Gasteiger partial charge on any atom is 0.204 e. The number of hydrogen-bond acceptors (Lipinski definition) is 4. The molecule has 0 aliphatic heterocycles. The second-order valence-corrected chi connectivity index (χ2v) is 7.12. The van der Waals surface area contributed by atoms with E-state index < -0.39 is 0 Å². The Kier molecular flexibility index (Phi) is 3.61. The topological polar surface area (TPSA) is 37.3 Å². The third-order valence-corrected chi connectivity index (χ3v) is 5.40. The molecule has 0 radical (unpaired) electrons. The van der Waals surface area contributed by atoms with E-state index in [9.17, 15) is 0 Å². The second kappa shape index (κ2) is 6.24. The van der Waals surface area contributed by atoms with Crippen LogP contribution in [-0.4, -0.2) is 11.2 Å². The molecule has 0 amide bonds.